The number of aromatic nitrogens is 1. The van der Waals surface area contributed by atoms with E-state index in [9.17, 15) is 19.5 Å². The van der Waals surface area contributed by atoms with Gasteiger partial charge in [0.15, 0.2) is 0 Å². The molecular formula is C22H23N3O4. The summed E-state index contributed by atoms with van der Waals surface area (Å²) >= 11 is 0. The number of hydrogen-bond acceptors (Lipinski definition) is 4. The second kappa shape index (κ2) is 8.60. The second-order valence-corrected chi connectivity index (χ2v) is 6.77. The predicted octanol–water partition coefficient (Wildman–Crippen LogP) is 3.25. The number of pyridine rings is 1. The van der Waals surface area contributed by atoms with Gasteiger partial charge in [0.05, 0.1) is 16.8 Å². The topological polar surface area (TPSA) is 114 Å². The van der Waals surface area contributed by atoms with Gasteiger partial charge in [-0.3, -0.25) is 14.4 Å². The number of nitrogens with two attached hydrogens (primary N) is 1. The molecule has 0 bridgehead atoms. The molecule has 29 heavy (non-hydrogen) atoms. The first-order valence-electron chi connectivity index (χ1n) is 9.50. The van der Waals surface area contributed by atoms with Gasteiger partial charge in [0.25, 0.3) is 17.4 Å². The Morgan fingerprint density at radius 1 is 1.07 bits per heavy atom. The summed E-state index contributed by atoms with van der Waals surface area (Å²) < 4.78 is 1.51. The molecule has 3 rings (SSSR count). The number of amides is 2. The van der Waals surface area contributed by atoms with E-state index in [2.05, 4.69) is 12.2 Å². The normalized spacial score (nSPS) is 10.8. The molecule has 3 aromatic rings. The number of nitrogens with one attached hydrogen (secondary N) is 1. The summed E-state index contributed by atoms with van der Waals surface area (Å²) in [6.07, 6.45) is 2.70. The molecule has 0 radical (unpaired) electrons. The van der Waals surface area contributed by atoms with Gasteiger partial charge in [-0.25, -0.2) is 0 Å². The highest BCUT2D eigenvalue weighted by atomic mass is 16.3. The second-order valence-electron chi connectivity index (χ2n) is 6.77. The molecule has 7 heteroatoms. The molecule has 150 valence electrons. The van der Waals surface area contributed by atoms with E-state index in [1.165, 1.54) is 16.7 Å². The van der Waals surface area contributed by atoms with Crippen molar-refractivity contribution in [2.45, 2.75) is 32.7 Å². The first-order valence-corrected chi connectivity index (χ1v) is 9.50. The van der Waals surface area contributed by atoms with E-state index < -0.39 is 17.4 Å². The first-order chi connectivity index (χ1) is 14.0. The Balaban J connectivity index is 2.10. The molecule has 0 atom stereocenters. The molecular weight excluding hydrogens is 370 g/mol. The number of nitrogens with zero attached hydrogens (tertiary/aromatic N) is 1. The molecule has 2 amide bonds. The fourth-order valence-electron chi connectivity index (χ4n) is 3.33. The first kappa shape index (κ1) is 20.1. The molecule has 7 nitrogen and oxygen atoms in total. The molecule has 0 unspecified atom stereocenters. The van der Waals surface area contributed by atoms with E-state index in [1.807, 2.05) is 0 Å². The van der Waals surface area contributed by atoms with E-state index in [0.717, 1.165) is 19.3 Å². The van der Waals surface area contributed by atoms with Crippen LogP contribution in [-0.2, 0) is 6.54 Å². The van der Waals surface area contributed by atoms with Crippen molar-refractivity contribution in [3.8, 4) is 5.75 Å². The van der Waals surface area contributed by atoms with Crippen LogP contribution in [0.2, 0.25) is 0 Å². The highest BCUT2D eigenvalue weighted by Gasteiger charge is 2.23. The zero-order valence-corrected chi connectivity index (χ0v) is 16.1. The third-order valence-corrected chi connectivity index (χ3v) is 4.80. The van der Waals surface area contributed by atoms with E-state index >= 15 is 0 Å². The zero-order valence-electron chi connectivity index (χ0n) is 16.1. The summed E-state index contributed by atoms with van der Waals surface area (Å²) in [4.78, 5) is 37.6. The molecule has 1 aromatic heterocycles. The summed E-state index contributed by atoms with van der Waals surface area (Å²) in [5.41, 5.74) is 5.27. The fourth-order valence-corrected chi connectivity index (χ4v) is 3.33. The summed E-state index contributed by atoms with van der Waals surface area (Å²) in [6, 6.07) is 13.1. The van der Waals surface area contributed by atoms with Gasteiger partial charge in [0.2, 0.25) is 0 Å². The SMILES string of the molecule is CCCCCn1c(=O)c(C(=O)Nc2ccccc2C(N)=O)c(O)c2ccccc21. The van der Waals surface area contributed by atoms with Crippen LogP contribution in [0.25, 0.3) is 10.9 Å². The van der Waals surface area contributed by atoms with Gasteiger partial charge in [-0.1, -0.05) is 44.0 Å². The van der Waals surface area contributed by atoms with E-state index in [1.54, 1.807) is 36.4 Å². The summed E-state index contributed by atoms with van der Waals surface area (Å²) in [5.74, 6) is -1.89. The molecule has 0 saturated carbocycles. The quantitative estimate of drug-likeness (QED) is 0.535. The smallest absolute Gasteiger partial charge is 0.267 e. The van der Waals surface area contributed by atoms with Crippen LogP contribution < -0.4 is 16.6 Å². The average Bonchev–Trinajstić information content (AvgIpc) is 2.71. The lowest BCUT2D eigenvalue weighted by molar-refractivity contribution is 0.100. The maximum absolute atomic E-state index is 13.1. The Hall–Kier alpha value is -3.61. The predicted molar refractivity (Wildman–Crippen MR) is 112 cm³/mol. The molecule has 2 aromatic carbocycles. The van der Waals surface area contributed by atoms with Gasteiger partial charge in [0, 0.05) is 11.9 Å². The van der Waals surface area contributed by atoms with Gasteiger partial charge >= 0.3 is 0 Å². The van der Waals surface area contributed by atoms with Gasteiger partial charge in [-0.2, -0.15) is 0 Å². The lowest BCUT2D eigenvalue weighted by Crippen LogP contribution is -2.30. The van der Waals surface area contributed by atoms with Gasteiger partial charge in [-0.05, 0) is 30.7 Å². The zero-order chi connectivity index (χ0) is 21.0. The van der Waals surface area contributed by atoms with Crippen molar-refractivity contribution >= 4 is 28.4 Å². The average molecular weight is 393 g/mol. The summed E-state index contributed by atoms with van der Waals surface area (Å²) in [7, 11) is 0. The minimum atomic E-state index is -0.795. The number of para-hydroxylation sites is 2. The summed E-state index contributed by atoms with van der Waals surface area (Å²) in [6.45, 7) is 2.50. The number of fused-ring (bicyclic) bond motifs is 1. The number of benzene rings is 2. The number of carbonyl (C=O) groups excluding carboxylic acids is 2. The van der Waals surface area contributed by atoms with E-state index in [-0.39, 0.29) is 22.6 Å². The number of aryl methyl sites for hydroxylation is 1. The molecule has 0 fully saturated rings. The van der Waals surface area contributed by atoms with Crippen LogP contribution in [0.3, 0.4) is 0 Å². The van der Waals surface area contributed by atoms with Crippen molar-refractivity contribution in [2.75, 3.05) is 5.32 Å². The third-order valence-electron chi connectivity index (χ3n) is 4.80. The Bertz CT molecular complexity index is 1130. The Labute approximate surface area is 167 Å². The maximum atomic E-state index is 13.1. The number of aromatic hydroxyl groups is 1. The van der Waals surface area contributed by atoms with Crippen LogP contribution in [0.4, 0.5) is 5.69 Å². The number of carbonyl (C=O) groups is 2. The molecule has 0 aliphatic rings. The number of primary amides is 1. The Morgan fingerprint density at radius 3 is 2.48 bits per heavy atom. The summed E-state index contributed by atoms with van der Waals surface area (Å²) in [5, 5.41) is 13.6. The van der Waals surface area contributed by atoms with Crippen LogP contribution in [0, 0.1) is 0 Å². The van der Waals surface area contributed by atoms with Gasteiger partial charge in [-0.15, -0.1) is 0 Å². The van der Waals surface area contributed by atoms with Crippen molar-refractivity contribution in [1.29, 1.82) is 0 Å². The van der Waals surface area contributed by atoms with Gasteiger partial charge < -0.3 is 20.7 Å². The van der Waals surface area contributed by atoms with Crippen molar-refractivity contribution in [3.05, 3.63) is 70.0 Å². The Morgan fingerprint density at radius 2 is 1.76 bits per heavy atom. The van der Waals surface area contributed by atoms with Crippen LogP contribution >= 0.6 is 0 Å². The molecule has 0 spiro atoms. The lowest BCUT2D eigenvalue weighted by atomic mass is 10.1. The fraction of sp³-hybridized carbons (Fsp3) is 0.227. The molecule has 0 aliphatic carbocycles. The molecule has 1 heterocycles. The monoisotopic (exact) mass is 393 g/mol. The van der Waals surface area contributed by atoms with Crippen molar-refractivity contribution < 1.29 is 14.7 Å². The van der Waals surface area contributed by atoms with Crippen molar-refractivity contribution in [1.82, 2.24) is 4.57 Å². The number of rotatable bonds is 7. The molecule has 0 aliphatic heterocycles. The molecule has 4 N–H and O–H groups in total. The standard InChI is InChI=1S/C22H23N3O4/c1-2-3-8-13-25-17-12-7-5-10-15(17)19(26)18(22(25)29)21(28)24-16-11-6-4-9-14(16)20(23)27/h4-7,9-12,26H,2-3,8,13H2,1H3,(H2,23,27)(H,24,28). The van der Waals surface area contributed by atoms with Gasteiger partial charge in [0.1, 0.15) is 11.3 Å². The third kappa shape index (κ3) is 3.99. The highest BCUT2D eigenvalue weighted by molar-refractivity contribution is 6.11. The van der Waals surface area contributed by atoms with Crippen LogP contribution in [-0.4, -0.2) is 21.5 Å². The number of anilines is 1. The minimum absolute atomic E-state index is 0.115. The van der Waals surface area contributed by atoms with Crippen LogP contribution in [0.1, 0.15) is 46.9 Å². The van der Waals surface area contributed by atoms with E-state index in [0.29, 0.717) is 17.4 Å². The van der Waals surface area contributed by atoms with Crippen LogP contribution in [0.5, 0.6) is 5.75 Å². The van der Waals surface area contributed by atoms with Crippen LogP contribution in [0.15, 0.2) is 53.3 Å². The number of unbranched alkanes of at least 4 members (excludes halogenated alkanes) is 2. The Kier molecular flexibility index (Phi) is 5.97. The maximum Gasteiger partial charge on any atom is 0.267 e. The largest absolute Gasteiger partial charge is 0.506 e. The number of hydrogen-bond donors (Lipinski definition) is 3. The van der Waals surface area contributed by atoms with Crippen molar-refractivity contribution in [3.63, 3.8) is 0 Å². The lowest BCUT2D eigenvalue weighted by Gasteiger charge is -2.15. The molecule has 0 saturated heterocycles. The van der Waals surface area contributed by atoms with E-state index in [4.69, 9.17) is 5.73 Å². The van der Waals surface area contributed by atoms with Crippen molar-refractivity contribution in [2.24, 2.45) is 5.73 Å². The highest BCUT2D eigenvalue weighted by Crippen LogP contribution is 2.27. The minimum Gasteiger partial charge on any atom is -0.506 e.